The van der Waals surface area contributed by atoms with Crippen LogP contribution >= 0.6 is 0 Å². The number of nitrogens with zero attached hydrogens (tertiary/aromatic N) is 2. The summed E-state index contributed by atoms with van der Waals surface area (Å²) >= 11 is 0. The second-order valence-electron chi connectivity index (χ2n) is 11.0. The summed E-state index contributed by atoms with van der Waals surface area (Å²) in [4.78, 5) is 5.17. The van der Waals surface area contributed by atoms with Crippen LogP contribution in [0.1, 0.15) is 71.7 Å². The summed E-state index contributed by atoms with van der Waals surface area (Å²) in [6.45, 7) is 16.4. The van der Waals surface area contributed by atoms with E-state index in [9.17, 15) is 0 Å². The van der Waals surface area contributed by atoms with Crippen molar-refractivity contribution < 1.29 is 0 Å². The van der Waals surface area contributed by atoms with E-state index in [0.717, 1.165) is 11.2 Å². The van der Waals surface area contributed by atoms with Crippen molar-refractivity contribution in [1.82, 2.24) is 9.38 Å². The predicted molar refractivity (Wildman–Crippen MR) is 120 cm³/mol. The van der Waals surface area contributed by atoms with Gasteiger partial charge in [-0.05, 0) is 52.0 Å². The highest BCUT2D eigenvalue weighted by molar-refractivity contribution is 5.99. The molecule has 2 heteroatoms. The van der Waals surface area contributed by atoms with Crippen molar-refractivity contribution in [2.24, 2.45) is 0 Å². The smallest absolute Gasteiger partial charge is 0.146 e. The SMILES string of the molecule is CC(C)(C)c1cc2ccccc2c2nc3cc4c(cc3n12)C(C)(C)CC4(C)C. The van der Waals surface area contributed by atoms with Gasteiger partial charge in [-0.1, -0.05) is 72.7 Å². The van der Waals surface area contributed by atoms with Crippen molar-refractivity contribution in [3.8, 4) is 0 Å². The van der Waals surface area contributed by atoms with Gasteiger partial charge in [0.05, 0.1) is 11.0 Å². The highest BCUT2D eigenvalue weighted by Gasteiger charge is 2.42. The maximum atomic E-state index is 5.17. The van der Waals surface area contributed by atoms with E-state index >= 15 is 0 Å². The quantitative estimate of drug-likeness (QED) is 0.329. The highest BCUT2D eigenvalue weighted by atomic mass is 15.0. The van der Waals surface area contributed by atoms with Crippen LogP contribution in [0.4, 0.5) is 0 Å². The van der Waals surface area contributed by atoms with Crippen LogP contribution in [0.5, 0.6) is 0 Å². The lowest BCUT2D eigenvalue weighted by atomic mass is 9.82. The Morgan fingerprint density at radius 2 is 1.54 bits per heavy atom. The highest BCUT2D eigenvalue weighted by Crippen LogP contribution is 2.50. The van der Waals surface area contributed by atoms with Crippen LogP contribution in [0.2, 0.25) is 0 Å². The number of fused-ring (bicyclic) bond motifs is 6. The number of rotatable bonds is 0. The second-order valence-corrected chi connectivity index (χ2v) is 11.0. The van der Waals surface area contributed by atoms with Gasteiger partial charge < -0.3 is 0 Å². The molecule has 0 radical (unpaired) electrons. The fourth-order valence-electron chi connectivity index (χ4n) is 5.55. The van der Waals surface area contributed by atoms with Gasteiger partial charge in [0.25, 0.3) is 0 Å². The largest absolute Gasteiger partial charge is 0.296 e. The maximum absolute atomic E-state index is 5.17. The lowest BCUT2D eigenvalue weighted by molar-refractivity contribution is 0.403. The second kappa shape index (κ2) is 5.17. The Bertz CT molecular complexity index is 1260. The molecule has 28 heavy (non-hydrogen) atoms. The standard InChI is InChI=1S/C26H30N2/c1-24(2,3)22-12-16-10-8-9-11-17(16)23-27-20-13-18-19(14-21(20)28(22)23)26(6,7)15-25(18,4)5/h8-14H,15H2,1-7H3. The topological polar surface area (TPSA) is 17.3 Å². The van der Waals surface area contributed by atoms with Crippen LogP contribution in [0.25, 0.3) is 27.5 Å². The average Bonchev–Trinajstić information content (AvgIpc) is 3.04. The van der Waals surface area contributed by atoms with E-state index in [1.807, 2.05) is 0 Å². The molecular formula is C26H30N2. The number of benzene rings is 2. The van der Waals surface area contributed by atoms with Crippen molar-refractivity contribution in [2.75, 3.05) is 0 Å². The summed E-state index contributed by atoms with van der Waals surface area (Å²) in [7, 11) is 0. The molecule has 0 amide bonds. The van der Waals surface area contributed by atoms with Crippen molar-refractivity contribution >= 4 is 27.5 Å². The van der Waals surface area contributed by atoms with Gasteiger partial charge in [0.1, 0.15) is 5.65 Å². The molecule has 0 spiro atoms. The fourth-order valence-corrected chi connectivity index (χ4v) is 5.55. The zero-order valence-electron chi connectivity index (χ0n) is 18.1. The monoisotopic (exact) mass is 370 g/mol. The molecule has 0 fully saturated rings. The third-order valence-electron chi connectivity index (χ3n) is 6.64. The first-order valence-corrected chi connectivity index (χ1v) is 10.4. The molecule has 144 valence electrons. The summed E-state index contributed by atoms with van der Waals surface area (Å²) in [5.74, 6) is 0. The third-order valence-corrected chi connectivity index (χ3v) is 6.64. The van der Waals surface area contributed by atoms with Crippen molar-refractivity contribution in [3.05, 3.63) is 59.3 Å². The number of hydrogen-bond acceptors (Lipinski definition) is 1. The van der Waals surface area contributed by atoms with Gasteiger partial charge in [0.2, 0.25) is 0 Å². The van der Waals surface area contributed by atoms with Gasteiger partial charge >= 0.3 is 0 Å². The Balaban J connectivity index is 2.00. The van der Waals surface area contributed by atoms with Crippen molar-refractivity contribution in [3.63, 3.8) is 0 Å². The molecule has 0 N–H and O–H groups in total. The summed E-state index contributed by atoms with van der Waals surface area (Å²) < 4.78 is 2.42. The molecule has 0 saturated heterocycles. The molecular weight excluding hydrogens is 340 g/mol. The van der Waals surface area contributed by atoms with Crippen LogP contribution in [-0.4, -0.2) is 9.38 Å². The number of pyridine rings is 1. The van der Waals surface area contributed by atoms with Gasteiger partial charge in [-0.15, -0.1) is 0 Å². The van der Waals surface area contributed by atoms with Gasteiger partial charge in [-0.2, -0.15) is 0 Å². The van der Waals surface area contributed by atoms with E-state index in [2.05, 4.69) is 95.3 Å². The summed E-state index contributed by atoms with van der Waals surface area (Å²) in [6, 6.07) is 15.8. The van der Waals surface area contributed by atoms with Gasteiger partial charge in [0, 0.05) is 16.5 Å². The van der Waals surface area contributed by atoms with Crippen LogP contribution < -0.4 is 0 Å². The summed E-state index contributed by atoms with van der Waals surface area (Å²) in [5, 5.41) is 2.49. The molecule has 5 rings (SSSR count). The molecule has 1 aliphatic rings. The lowest BCUT2D eigenvalue weighted by Crippen LogP contribution is -2.18. The molecule has 0 bridgehead atoms. The zero-order valence-corrected chi connectivity index (χ0v) is 18.1. The molecule has 0 aliphatic heterocycles. The fraction of sp³-hybridized carbons (Fsp3) is 0.423. The van der Waals surface area contributed by atoms with Crippen LogP contribution in [0.15, 0.2) is 42.5 Å². The Labute approximate surface area is 167 Å². The Morgan fingerprint density at radius 1 is 0.893 bits per heavy atom. The lowest BCUT2D eigenvalue weighted by Gasteiger charge is -2.23. The van der Waals surface area contributed by atoms with Gasteiger partial charge in [0.15, 0.2) is 0 Å². The van der Waals surface area contributed by atoms with E-state index in [0.29, 0.717) is 0 Å². The number of imidazole rings is 1. The molecule has 1 aliphatic carbocycles. The minimum atomic E-state index is 0.0315. The molecule has 4 aromatic rings. The molecule has 2 nitrogen and oxygen atoms in total. The molecule has 2 aromatic heterocycles. The first kappa shape index (κ1) is 17.7. The van der Waals surface area contributed by atoms with E-state index in [1.165, 1.54) is 39.5 Å². The van der Waals surface area contributed by atoms with E-state index in [1.54, 1.807) is 0 Å². The zero-order chi connectivity index (χ0) is 20.1. The average molecular weight is 371 g/mol. The molecule has 2 aromatic carbocycles. The maximum Gasteiger partial charge on any atom is 0.146 e. The van der Waals surface area contributed by atoms with Crippen molar-refractivity contribution in [2.45, 2.75) is 71.1 Å². The molecule has 2 heterocycles. The molecule has 0 unspecified atom stereocenters. The van der Waals surface area contributed by atoms with Gasteiger partial charge in [-0.25, -0.2) is 4.98 Å². The summed E-state index contributed by atoms with van der Waals surface area (Å²) in [6.07, 6.45) is 1.18. The Morgan fingerprint density at radius 3 is 2.21 bits per heavy atom. The van der Waals surface area contributed by atoms with E-state index in [4.69, 9.17) is 4.98 Å². The number of hydrogen-bond donors (Lipinski definition) is 0. The molecule has 0 atom stereocenters. The Hall–Kier alpha value is -2.35. The normalized spacial score (nSPS) is 18.2. The van der Waals surface area contributed by atoms with Gasteiger partial charge in [-0.3, -0.25) is 4.40 Å². The summed E-state index contributed by atoms with van der Waals surface area (Å²) in [5.41, 5.74) is 8.13. The van der Waals surface area contributed by atoms with Crippen molar-refractivity contribution in [1.29, 1.82) is 0 Å². The first-order valence-electron chi connectivity index (χ1n) is 10.4. The minimum Gasteiger partial charge on any atom is -0.296 e. The predicted octanol–water partition coefficient (Wildman–Crippen LogP) is 6.90. The minimum absolute atomic E-state index is 0.0315. The van der Waals surface area contributed by atoms with E-state index < -0.39 is 0 Å². The molecule has 0 saturated carbocycles. The van der Waals surface area contributed by atoms with Crippen LogP contribution in [-0.2, 0) is 16.2 Å². The van der Waals surface area contributed by atoms with Crippen LogP contribution in [0.3, 0.4) is 0 Å². The first-order chi connectivity index (χ1) is 13.0. The number of aromatic nitrogens is 2. The Kier molecular flexibility index (Phi) is 3.27. The van der Waals surface area contributed by atoms with E-state index in [-0.39, 0.29) is 16.2 Å². The van der Waals surface area contributed by atoms with Crippen LogP contribution in [0, 0.1) is 0 Å². The third kappa shape index (κ3) is 2.30.